The molecule has 0 spiro atoms. The summed E-state index contributed by atoms with van der Waals surface area (Å²) >= 11 is 3.18. The molecule has 0 amide bonds. The van der Waals surface area contributed by atoms with E-state index in [1.54, 1.807) is 6.92 Å². The number of halogens is 1. The van der Waals surface area contributed by atoms with Gasteiger partial charge in [0.25, 0.3) is 0 Å². The number of fused-ring (bicyclic) bond motifs is 1. The van der Waals surface area contributed by atoms with Crippen LogP contribution in [0.4, 0.5) is 0 Å². The lowest BCUT2D eigenvalue weighted by Crippen LogP contribution is -2.03. The summed E-state index contributed by atoms with van der Waals surface area (Å²) in [6.45, 7) is 1.72. The number of carboxylic acids is 1. The van der Waals surface area contributed by atoms with E-state index in [0.29, 0.717) is 21.6 Å². The van der Waals surface area contributed by atoms with Crippen LogP contribution in [0.1, 0.15) is 16.3 Å². The molecule has 76 valence electrons. The first-order chi connectivity index (χ1) is 7.08. The van der Waals surface area contributed by atoms with Crippen molar-refractivity contribution in [1.82, 2.24) is 19.9 Å². The van der Waals surface area contributed by atoms with Gasteiger partial charge in [-0.1, -0.05) is 0 Å². The molecule has 0 atom stereocenters. The molecule has 6 nitrogen and oxygen atoms in total. The summed E-state index contributed by atoms with van der Waals surface area (Å²) in [5, 5.41) is 8.73. The van der Waals surface area contributed by atoms with Crippen LogP contribution in [0.25, 0.3) is 11.2 Å². The van der Waals surface area contributed by atoms with Gasteiger partial charge in [-0.2, -0.15) is 0 Å². The van der Waals surface area contributed by atoms with Gasteiger partial charge in [-0.05, 0) is 22.9 Å². The second-order valence-corrected chi connectivity index (χ2v) is 3.55. The van der Waals surface area contributed by atoms with Crippen molar-refractivity contribution in [2.75, 3.05) is 0 Å². The highest BCUT2D eigenvalue weighted by molar-refractivity contribution is 9.10. The minimum Gasteiger partial charge on any atom is -0.476 e. The van der Waals surface area contributed by atoms with E-state index in [4.69, 9.17) is 5.11 Å². The van der Waals surface area contributed by atoms with Gasteiger partial charge in [0.15, 0.2) is 11.3 Å². The van der Waals surface area contributed by atoms with E-state index >= 15 is 0 Å². The van der Waals surface area contributed by atoms with Crippen molar-refractivity contribution in [3.05, 3.63) is 22.3 Å². The molecule has 0 aliphatic rings. The Morgan fingerprint density at radius 1 is 1.40 bits per heavy atom. The summed E-state index contributed by atoms with van der Waals surface area (Å²) in [6, 6.07) is 0. The van der Waals surface area contributed by atoms with Crippen LogP contribution in [0.2, 0.25) is 0 Å². The van der Waals surface area contributed by atoms with E-state index in [-0.39, 0.29) is 5.69 Å². The maximum atomic E-state index is 10.7. The molecular formula is C8H5BrN4O2. The number of hydrogen-bond acceptors (Lipinski definition) is 5. The Morgan fingerprint density at radius 3 is 2.80 bits per heavy atom. The number of carbonyl (C=O) groups is 1. The number of aromatic carboxylic acids is 1. The second-order valence-electron chi connectivity index (χ2n) is 2.79. The van der Waals surface area contributed by atoms with Crippen LogP contribution >= 0.6 is 15.9 Å². The first-order valence-electron chi connectivity index (χ1n) is 3.98. The normalized spacial score (nSPS) is 10.5. The van der Waals surface area contributed by atoms with Crippen LogP contribution in [-0.2, 0) is 0 Å². The SMILES string of the molecule is Cc1nc(Br)c2nc(C(=O)O)cnc2n1. The molecule has 0 aromatic carbocycles. The molecule has 0 saturated carbocycles. The van der Waals surface area contributed by atoms with Crippen LogP contribution in [0, 0.1) is 6.92 Å². The molecule has 0 fully saturated rings. The molecule has 15 heavy (non-hydrogen) atoms. The molecule has 0 saturated heterocycles. The Bertz CT molecular complexity index is 558. The predicted molar refractivity (Wildman–Crippen MR) is 54.5 cm³/mol. The Kier molecular flexibility index (Phi) is 2.31. The zero-order chi connectivity index (χ0) is 11.0. The first-order valence-corrected chi connectivity index (χ1v) is 4.77. The van der Waals surface area contributed by atoms with Gasteiger partial charge in [0, 0.05) is 0 Å². The summed E-state index contributed by atoms with van der Waals surface area (Å²) in [4.78, 5) is 26.5. The molecule has 0 radical (unpaired) electrons. The van der Waals surface area contributed by atoms with Gasteiger partial charge in [0.05, 0.1) is 6.20 Å². The van der Waals surface area contributed by atoms with E-state index in [1.807, 2.05) is 0 Å². The van der Waals surface area contributed by atoms with Gasteiger partial charge in [0.1, 0.15) is 15.9 Å². The van der Waals surface area contributed by atoms with E-state index in [0.717, 1.165) is 0 Å². The molecule has 0 aliphatic heterocycles. The van der Waals surface area contributed by atoms with E-state index in [2.05, 4.69) is 35.9 Å². The number of aryl methyl sites for hydroxylation is 1. The van der Waals surface area contributed by atoms with Crippen LogP contribution in [0.15, 0.2) is 10.8 Å². The third kappa shape index (κ3) is 1.78. The highest BCUT2D eigenvalue weighted by Gasteiger charge is 2.10. The summed E-state index contributed by atoms with van der Waals surface area (Å²) < 4.78 is 0.445. The third-order valence-electron chi connectivity index (χ3n) is 1.70. The Hall–Kier alpha value is -1.63. The molecule has 2 heterocycles. The van der Waals surface area contributed by atoms with Crippen LogP contribution in [0.3, 0.4) is 0 Å². The van der Waals surface area contributed by atoms with E-state index in [1.165, 1.54) is 6.20 Å². The van der Waals surface area contributed by atoms with Crippen LogP contribution in [-0.4, -0.2) is 31.0 Å². The average Bonchev–Trinajstić information content (AvgIpc) is 2.16. The van der Waals surface area contributed by atoms with Crippen LogP contribution in [0.5, 0.6) is 0 Å². The van der Waals surface area contributed by atoms with Crippen molar-refractivity contribution in [3.63, 3.8) is 0 Å². The monoisotopic (exact) mass is 268 g/mol. The van der Waals surface area contributed by atoms with E-state index in [9.17, 15) is 4.79 Å². The number of aromatic nitrogens is 4. The molecule has 0 bridgehead atoms. The molecule has 0 unspecified atom stereocenters. The fourth-order valence-corrected chi connectivity index (χ4v) is 1.60. The maximum Gasteiger partial charge on any atom is 0.356 e. The minimum absolute atomic E-state index is 0.129. The average molecular weight is 269 g/mol. The summed E-state index contributed by atoms with van der Waals surface area (Å²) in [6.07, 6.45) is 1.17. The van der Waals surface area contributed by atoms with Gasteiger partial charge in [-0.15, -0.1) is 0 Å². The Balaban J connectivity index is 2.76. The van der Waals surface area contributed by atoms with Gasteiger partial charge >= 0.3 is 5.97 Å². The molecule has 2 rings (SSSR count). The lowest BCUT2D eigenvalue weighted by atomic mass is 10.4. The van der Waals surface area contributed by atoms with Crippen molar-refractivity contribution in [3.8, 4) is 0 Å². The summed E-state index contributed by atoms with van der Waals surface area (Å²) in [5.74, 6) is -0.580. The minimum atomic E-state index is -1.13. The van der Waals surface area contributed by atoms with Gasteiger partial charge in [-0.3, -0.25) is 0 Å². The third-order valence-corrected chi connectivity index (χ3v) is 2.25. The second kappa shape index (κ2) is 3.50. The quantitative estimate of drug-likeness (QED) is 0.782. The van der Waals surface area contributed by atoms with E-state index < -0.39 is 5.97 Å². The highest BCUT2D eigenvalue weighted by atomic mass is 79.9. The number of carboxylic acid groups (broad SMARTS) is 1. The summed E-state index contributed by atoms with van der Waals surface area (Å²) in [5.41, 5.74) is 0.593. The smallest absolute Gasteiger partial charge is 0.356 e. The predicted octanol–water partition coefficient (Wildman–Crippen LogP) is 1.19. The largest absolute Gasteiger partial charge is 0.476 e. The molecule has 1 N–H and O–H groups in total. The van der Waals surface area contributed by atoms with Crippen molar-refractivity contribution in [2.24, 2.45) is 0 Å². The highest BCUT2D eigenvalue weighted by Crippen LogP contribution is 2.17. The van der Waals surface area contributed by atoms with Crippen molar-refractivity contribution < 1.29 is 9.90 Å². The van der Waals surface area contributed by atoms with Gasteiger partial charge in [0.2, 0.25) is 0 Å². The zero-order valence-corrected chi connectivity index (χ0v) is 9.19. The number of hydrogen-bond donors (Lipinski definition) is 1. The van der Waals surface area contributed by atoms with Gasteiger partial charge < -0.3 is 5.11 Å². The Morgan fingerprint density at radius 2 is 2.13 bits per heavy atom. The number of rotatable bonds is 1. The fraction of sp³-hybridized carbons (Fsp3) is 0.125. The molecule has 0 aliphatic carbocycles. The molecular weight excluding hydrogens is 264 g/mol. The topological polar surface area (TPSA) is 88.9 Å². The summed E-state index contributed by atoms with van der Waals surface area (Å²) in [7, 11) is 0. The molecule has 2 aromatic heterocycles. The fourth-order valence-electron chi connectivity index (χ4n) is 1.08. The Labute approximate surface area is 92.5 Å². The lowest BCUT2D eigenvalue weighted by Gasteiger charge is -2.00. The first kappa shape index (κ1) is 9.91. The zero-order valence-electron chi connectivity index (χ0n) is 7.60. The van der Waals surface area contributed by atoms with Gasteiger partial charge in [-0.25, -0.2) is 24.7 Å². The van der Waals surface area contributed by atoms with Crippen molar-refractivity contribution in [2.45, 2.75) is 6.92 Å². The maximum absolute atomic E-state index is 10.7. The molecule has 7 heteroatoms. The lowest BCUT2D eigenvalue weighted by molar-refractivity contribution is 0.0690. The van der Waals surface area contributed by atoms with Crippen molar-refractivity contribution in [1.29, 1.82) is 0 Å². The van der Waals surface area contributed by atoms with Crippen molar-refractivity contribution >= 4 is 33.1 Å². The van der Waals surface area contributed by atoms with Crippen LogP contribution < -0.4 is 0 Å². The standard InChI is InChI=1S/C8H5BrN4O2/c1-3-11-6(9)5-7(12-3)10-2-4(13-5)8(14)15/h2H,1H3,(H,14,15). The number of nitrogens with zero attached hydrogens (tertiary/aromatic N) is 4. The molecule has 2 aromatic rings.